The normalized spacial score (nSPS) is 14.8. The number of benzene rings is 1. The molecule has 0 bridgehead atoms. The molecule has 1 unspecified atom stereocenters. The van der Waals surface area contributed by atoms with Gasteiger partial charge in [0.1, 0.15) is 5.82 Å². The van der Waals surface area contributed by atoms with Crippen molar-refractivity contribution in [3.8, 4) is 0 Å². The zero-order valence-corrected chi connectivity index (χ0v) is 18.4. The highest BCUT2D eigenvalue weighted by Crippen LogP contribution is 2.21. The second-order valence-electron chi connectivity index (χ2n) is 8.94. The molecule has 1 aromatic carbocycles. The number of rotatable bonds is 9. The molecule has 0 saturated heterocycles. The maximum atomic E-state index is 13.9. The Bertz CT molecular complexity index is 835. The molecule has 30 heavy (non-hydrogen) atoms. The number of nitrogens with zero attached hydrogens (tertiary/aromatic N) is 1. The molecule has 0 fully saturated rings. The molecule has 0 aliphatic rings. The number of amides is 1. The number of hydrogen-bond donors (Lipinski definition) is 3. The van der Waals surface area contributed by atoms with E-state index in [0.29, 0.717) is 29.7 Å². The molecule has 3 atom stereocenters. The number of aliphatic hydroxyl groups excluding tert-OH is 1. The quantitative estimate of drug-likeness (QED) is 0.583. The van der Waals surface area contributed by atoms with Crippen LogP contribution in [-0.4, -0.2) is 33.7 Å². The van der Waals surface area contributed by atoms with Crippen LogP contribution in [0.4, 0.5) is 4.39 Å². The smallest absolute Gasteiger partial charge is 0.253 e. The Morgan fingerprint density at radius 1 is 1.20 bits per heavy atom. The van der Waals surface area contributed by atoms with E-state index in [1.165, 1.54) is 6.07 Å². The zero-order chi connectivity index (χ0) is 22.3. The molecule has 164 valence electrons. The number of aromatic nitrogens is 1. The van der Waals surface area contributed by atoms with E-state index < -0.39 is 12.1 Å². The van der Waals surface area contributed by atoms with Crippen LogP contribution in [0.3, 0.4) is 0 Å². The lowest BCUT2D eigenvalue weighted by Gasteiger charge is -2.25. The van der Waals surface area contributed by atoms with Crippen molar-refractivity contribution in [3.63, 3.8) is 0 Å². The van der Waals surface area contributed by atoms with Gasteiger partial charge in [-0.3, -0.25) is 9.78 Å². The van der Waals surface area contributed by atoms with Crippen LogP contribution < -0.4 is 11.1 Å². The van der Waals surface area contributed by atoms with E-state index in [0.717, 1.165) is 6.42 Å². The lowest BCUT2D eigenvalue weighted by Crippen LogP contribution is -2.41. The molecule has 0 radical (unpaired) electrons. The minimum atomic E-state index is -0.773. The topological polar surface area (TPSA) is 88.2 Å². The van der Waals surface area contributed by atoms with E-state index in [1.54, 1.807) is 36.5 Å². The fourth-order valence-electron chi connectivity index (χ4n) is 3.45. The molecule has 0 saturated carbocycles. The van der Waals surface area contributed by atoms with Crippen molar-refractivity contribution in [1.29, 1.82) is 0 Å². The van der Waals surface area contributed by atoms with Crippen LogP contribution in [0.15, 0.2) is 42.6 Å². The molecule has 2 aromatic rings. The van der Waals surface area contributed by atoms with E-state index in [-0.39, 0.29) is 29.6 Å². The van der Waals surface area contributed by atoms with Crippen LogP contribution in [0.25, 0.3) is 0 Å². The third-order valence-electron chi connectivity index (χ3n) is 5.17. The van der Waals surface area contributed by atoms with Gasteiger partial charge in [-0.25, -0.2) is 4.39 Å². The standard InChI is InChI=1S/C24H34FN3O2/c1-5-16(14-22(29)20(26)15-17-9-6-7-11-19(17)25)13-21-18(10-8-12-27-21)23(30)28-24(2,3)4/h6-12,16,20,22,29H,5,13-15,26H2,1-4H3,(H,28,30)/t16?,20-,22+/m1/s1. The van der Waals surface area contributed by atoms with Crippen molar-refractivity contribution >= 4 is 5.91 Å². The third-order valence-corrected chi connectivity index (χ3v) is 5.17. The second-order valence-corrected chi connectivity index (χ2v) is 8.94. The van der Waals surface area contributed by atoms with Gasteiger partial charge in [-0.15, -0.1) is 0 Å². The highest BCUT2D eigenvalue weighted by Gasteiger charge is 2.24. The first-order valence-electron chi connectivity index (χ1n) is 10.5. The molecule has 1 amide bonds. The third kappa shape index (κ3) is 7.18. The molecule has 0 spiro atoms. The van der Waals surface area contributed by atoms with Gasteiger partial charge in [0.15, 0.2) is 0 Å². The number of nitrogens with one attached hydrogen (secondary N) is 1. The summed E-state index contributed by atoms with van der Waals surface area (Å²) in [5, 5.41) is 13.6. The Morgan fingerprint density at radius 3 is 2.53 bits per heavy atom. The molecule has 1 aromatic heterocycles. The summed E-state index contributed by atoms with van der Waals surface area (Å²) in [5.74, 6) is -0.366. The Morgan fingerprint density at radius 2 is 1.90 bits per heavy atom. The maximum Gasteiger partial charge on any atom is 0.253 e. The van der Waals surface area contributed by atoms with Gasteiger partial charge in [-0.1, -0.05) is 31.5 Å². The Kier molecular flexibility index (Phi) is 8.50. The number of halogens is 1. The molecule has 5 nitrogen and oxygen atoms in total. The summed E-state index contributed by atoms with van der Waals surface area (Å²) in [6, 6.07) is 9.44. The van der Waals surface area contributed by atoms with E-state index in [1.807, 2.05) is 27.7 Å². The van der Waals surface area contributed by atoms with Crippen LogP contribution in [0.1, 0.15) is 62.2 Å². The van der Waals surface area contributed by atoms with Gasteiger partial charge in [0.25, 0.3) is 5.91 Å². The van der Waals surface area contributed by atoms with Crippen molar-refractivity contribution in [1.82, 2.24) is 10.3 Å². The van der Waals surface area contributed by atoms with Gasteiger partial charge >= 0.3 is 0 Å². The number of aliphatic hydroxyl groups is 1. The number of nitrogens with two attached hydrogens (primary N) is 1. The van der Waals surface area contributed by atoms with E-state index in [2.05, 4.69) is 10.3 Å². The molecule has 4 N–H and O–H groups in total. The van der Waals surface area contributed by atoms with Crippen LogP contribution >= 0.6 is 0 Å². The fourth-order valence-corrected chi connectivity index (χ4v) is 3.45. The van der Waals surface area contributed by atoms with Gasteiger partial charge in [-0.05, 0) is 69.7 Å². The number of carbonyl (C=O) groups is 1. The average Bonchev–Trinajstić information content (AvgIpc) is 2.68. The minimum absolute atomic E-state index is 0.0998. The average molecular weight is 416 g/mol. The summed E-state index contributed by atoms with van der Waals surface area (Å²) < 4.78 is 13.9. The number of carbonyl (C=O) groups excluding carboxylic acids is 1. The van der Waals surface area contributed by atoms with Gasteiger partial charge in [0, 0.05) is 17.8 Å². The summed E-state index contributed by atoms with van der Waals surface area (Å²) in [7, 11) is 0. The number of hydrogen-bond acceptors (Lipinski definition) is 4. The summed E-state index contributed by atoms with van der Waals surface area (Å²) in [5.41, 5.74) is 7.59. The van der Waals surface area contributed by atoms with Crippen LogP contribution in [0, 0.1) is 11.7 Å². The van der Waals surface area contributed by atoms with E-state index >= 15 is 0 Å². The summed E-state index contributed by atoms with van der Waals surface area (Å²) in [4.78, 5) is 17.1. The maximum absolute atomic E-state index is 13.9. The molecule has 0 aliphatic heterocycles. The Labute approximate surface area is 178 Å². The molecule has 1 heterocycles. The molecule has 6 heteroatoms. The van der Waals surface area contributed by atoms with E-state index in [4.69, 9.17) is 5.73 Å². The molecular formula is C24H34FN3O2. The van der Waals surface area contributed by atoms with Gasteiger partial charge < -0.3 is 16.2 Å². The Balaban J connectivity index is 2.05. The van der Waals surface area contributed by atoms with Gasteiger partial charge in [0.05, 0.1) is 17.4 Å². The van der Waals surface area contributed by atoms with Crippen molar-refractivity contribution in [2.75, 3.05) is 0 Å². The first-order valence-corrected chi connectivity index (χ1v) is 10.5. The van der Waals surface area contributed by atoms with Crippen molar-refractivity contribution in [3.05, 3.63) is 65.2 Å². The summed E-state index contributed by atoms with van der Waals surface area (Å²) in [6.45, 7) is 7.84. The van der Waals surface area contributed by atoms with Crippen molar-refractivity contribution in [2.24, 2.45) is 11.7 Å². The van der Waals surface area contributed by atoms with Crippen LogP contribution in [0.5, 0.6) is 0 Å². The minimum Gasteiger partial charge on any atom is -0.391 e. The highest BCUT2D eigenvalue weighted by molar-refractivity contribution is 5.95. The molecular weight excluding hydrogens is 381 g/mol. The lowest BCUT2D eigenvalue weighted by atomic mass is 9.88. The fraction of sp³-hybridized carbons (Fsp3) is 0.500. The zero-order valence-electron chi connectivity index (χ0n) is 18.4. The Hall–Kier alpha value is -2.31. The largest absolute Gasteiger partial charge is 0.391 e. The van der Waals surface area contributed by atoms with Crippen molar-refractivity contribution < 1.29 is 14.3 Å². The number of pyridine rings is 1. The van der Waals surface area contributed by atoms with Crippen LogP contribution in [0.2, 0.25) is 0 Å². The highest BCUT2D eigenvalue weighted by atomic mass is 19.1. The predicted octanol–water partition coefficient (Wildman–Crippen LogP) is 3.64. The van der Waals surface area contributed by atoms with Gasteiger partial charge in [-0.2, -0.15) is 0 Å². The first kappa shape index (κ1) is 24.0. The summed E-state index contributed by atoms with van der Waals surface area (Å²) in [6.07, 6.45) is 3.01. The second kappa shape index (κ2) is 10.6. The first-order chi connectivity index (χ1) is 14.1. The van der Waals surface area contributed by atoms with E-state index in [9.17, 15) is 14.3 Å². The summed E-state index contributed by atoms with van der Waals surface area (Å²) >= 11 is 0. The van der Waals surface area contributed by atoms with Gasteiger partial charge in [0.2, 0.25) is 0 Å². The van der Waals surface area contributed by atoms with Crippen LogP contribution in [-0.2, 0) is 12.8 Å². The monoisotopic (exact) mass is 415 g/mol. The molecule has 0 aliphatic carbocycles. The predicted molar refractivity (Wildman–Crippen MR) is 118 cm³/mol. The molecule has 2 rings (SSSR count). The van der Waals surface area contributed by atoms with Crippen molar-refractivity contribution in [2.45, 2.75) is 71.1 Å². The lowest BCUT2D eigenvalue weighted by molar-refractivity contribution is 0.0917. The SMILES string of the molecule is CCC(Cc1ncccc1C(=O)NC(C)(C)C)C[C@H](O)[C@H](N)Cc1ccccc1F.